The Morgan fingerprint density at radius 2 is 2.04 bits per heavy atom. The number of aromatic nitrogens is 1. The number of hydrogen-bond donors (Lipinski definition) is 0. The summed E-state index contributed by atoms with van der Waals surface area (Å²) in [6.07, 6.45) is 4.96. The molecule has 5 nitrogen and oxygen atoms in total. The fraction of sp³-hybridized carbons (Fsp3) is 0.500. The maximum atomic E-state index is 13.5. The molecule has 1 saturated carbocycles. The summed E-state index contributed by atoms with van der Waals surface area (Å²) in [6.45, 7) is 2.69. The zero-order chi connectivity index (χ0) is 17.4. The molecule has 1 saturated heterocycles. The van der Waals surface area contributed by atoms with Crippen molar-refractivity contribution in [3.63, 3.8) is 0 Å². The molecule has 1 aliphatic heterocycles. The number of benzene rings is 1. The van der Waals surface area contributed by atoms with Gasteiger partial charge in [-0.25, -0.2) is 0 Å². The molecule has 1 aliphatic carbocycles. The highest BCUT2D eigenvalue weighted by atomic mass is 16.5. The lowest BCUT2D eigenvalue weighted by Crippen LogP contribution is -2.44. The number of rotatable bonds is 4. The maximum absolute atomic E-state index is 13.5. The van der Waals surface area contributed by atoms with Gasteiger partial charge in [-0.2, -0.15) is 0 Å². The summed E-state index contributed by atoms with van der Waals surface area (Å²) in [7, 11) is 1.66. The summed E-state index contributed by atoms with van der Waals surface area (Å²) in [5.41, 5.74) is 1.62. The molecule has 2 fully saturated rings. The Balaban J connectivity index is 1.61. The van der Waals surface area contributed by atoms with Crippen LogP contribution in [-0.4, -0.2) is 29.6 Å². The highest BCUT2D eigenvalue weighted by Crippen LogP contribution is 2.51. The number of piperidine rings is 1. The predicted octanol–water partition coefficient (Wildman–Crippen LogP) is 3.78. The van der Waals surface area contributed by atoms with Crippen LogP contribution in [-0.2, 0) is 10.2 Å². The molecule has 2 aromatic rings. The van der Waals surface area contributed by atoms with Crippen molar-refractivity contribution in [2.75, 3.05) is 13.7 Å². The smallest absolute Gasteiger partial charge is 0.233 e. The van der Waals surface area contributed by atoms with E-state index in [1.807, 2.05) is 42.2 Å². The van der Waals surface area contributed by atoms with Gasteiger partial charge in [0.05, 0.1) is 18.6 Å². The third-order valence-electron chi connectivity index (χ3n) is 5.55. The van der Waals surface area contributed by atoms with Gasteiger partial charge in [0.2, 0.25) is 5.91 Å². The third kappa shape index (κ3) is 2.81. The van der Waals surface area contributed by atoms with Gasteiger partial charge in [-0.3, -0.25) is 4.79 Å². The number of ether oxygens (including phenoxy) is 1. The van der Waals surface area contributed by atoms with Crippen LogP contribution in [0.15, 0.2) is 34.9 Å². The molecular weight excluding hydrogens is 316 g/mol. The van der Waals surface area contributed by atoms with E-state index in [4.69, 9.17) is 9.26 Å². The van der Waals surface area contributed by atoms with Crippen LogP contribution >= 0.6 is 0 Å². The number of carbonyl (C=O) groups is 1. The van der Waals surface area contributed by atoms with E-state index in [-0.39, 0.29) is 17.4 Å². The van der Waals surface area contributed by atoms with Crippen molar-refractivity contribution in [2.45, 2.75) is 50.5 Å². The lowest BCUT2D eigenvalue weighted by atomic mass is 9.90. The second-order valence-corrected chi connectivity index (χ2v) is 7.18. The van der Waals surface area contributed by atoms with Gasteiger partial charge in [-0.1, -0.05) is 17.3 Å². The molecule has 5 heteroatoms. The molecule has 2 heterocycles. The van der Waals surface area contributed by atoms with Crippen molar-refractivity contribution >= 4 is 5.91 Å². The van der Waals surface area contributed by atoms with Crippen molar-refractivity contribution < 1.29 is 14.1 Å². The number of methoxy groups -OCH3 is 1. The highest BCUT2D eigenvalue weighted by molar-refractivity contribution is 5.91. The number of nitrogens with zero attached hydrogens (tertiary/aromatic N) is 2. The van der Waals surface area contributed by atoms with E-state index < -0.39 is 0 Å². The van der Waals surface area contributed by atoms with E-state index in [0.29, 0.717) is 0 Å². The standard InChI is InChI=1S/C20H24N2O3/c1-14-13-17(21-25-14)18-5-3-4-12-22(18)19(23)20(10-11-20)15-6-8-16(24-2)9-7-15/h6-9,13,18H,3-5,10-12H2,1-2H3/t18-/m0/s1. The molecule has 132 valence electrons. The summed E-state index contributed by atoms with van der Waals surface area (Å²) in [6, 6.07) is 9.94. The molecule has 0 radical (unpaired) electrons. The molecule has 1 aromatic heterocycles. The predicted molar refractivity (Wildman–Crippen MR) is 93.5 cm³/mol. The molecule has 4 rings (SSSR count). The molecule has 0 unspecified atom stereocenters. The molecule has 0 bridgehead atoms. The summed E-state index contributed by atoms with van der Waals surface area (Å²) < 4.78 is 10.5. The van der Waals surface area contributed by atoms with E-state index in [9.17, 15) is 4.79 Å². The van der Waals surface area contributed by atoms with Gasteiger partial charge in [0.25, 0.3) is 0 Å². The van der Waals surface area contributed by atoms with Crippen LogP contribution in [0.5, 0.6) is 5.75 Å². The Morgan fingerprint density at radius 1 is 1.28 bits per heavy atom. The van der Waals surface area contributed by atoms with Gasteiger partial charge >= 0.3 is 0 Å². The van der Waals surface area contributed by atoms with E-state index in [0.717, 1.165) is 61.4 Å². The minimum Gasteiger partial charge on any atom is -0.497 e. The first-order valence-corrected chi connectivity index (χ1v) is 9.03. The SMILES string of the molecule is COc1ccc(C2(C(=O)N3CCCC[C@H]3c3cc(C)on3)CC2)cc1. The molecule has 1 amide bonds. The van der Waals surface area contributed by atoms with Crippen LogP contribution in [0, 0.1) is 6.92 Å². The summed E-state index contributed by atoms with van der Waals surface area (Å²) in [5.74, 6) is 1.85. The number of hydrogen-bond acceptors (Lipinski definition) is 4. The number of aryl methyl sites for hydroxylation is 1. The largest absolute Gasteiger partial charge is 0.497 e. The summed E-state index contributed by atoms with van der Waals surface area (Å²) >= 11 is 0. The topological polar surface area (TPSA) is 55.6 Å². The van der Waals surface area contributed by atoms with Crippen molar-refractivity contribution in [2.24, 2.45) is 0 Å². The van der Waals surface area contributed by atoms with Crippen LogP contribution in [0.3, 0.4) is 0 Å². The van der Waals surface area contributed by atoms with Gasteiger partial charge in [-0.05, 0) is 56.7 Å². The van der Waals surface area contributed by atoms with Crippen LogP contribution < -0.4 is 4.74 Å². The first-order chi connectivity index (χ1) is 12.1. The monoisotopic (exact) mass is 340 g/mol. The molecular formula is C20H24N2O3. The van der Waals surface area contributed by atoms with Crippen LogP contribution in [0.2, 0.25) is 0 Å². The highest BCUT2D eigenvalue weighted by Gasteiger charge is 2.54. The number of likely N-dealkylation sites (tertiary alicyclic amines) is 1. The minimum atomic E-state index is -0.360. The first-order valence-electron chi connectivity index (χ1n) is 9.03. The maximum Gasteiger partial charge on any atom is 0.233 e. The van der Waals surface area contributed by atoms with Crippen molar-refractivity contribution in [1.82, 2.24) is 10.1 Å². The Hall–Kier alpha value is -2.30. The van der Waals surface area contributed by atoms with E-state index in [2.05, 4.69) is 5.16 Å². The van der Waals surface area contributed by atoms with Gasteiger partial charge in [0.15, 0.2) is 0 Å². The number of carbonyl (C=O) groups excluding carboxylic acids is 1. The first kappa shape index (κ1) is 16.2. The van der Waals surface area contributed by atoms with Crippen LogP contribution in [0.1, 0.15) is 55.2 Å². The fourth-order valence-corrected chi connectivity index (χ4v) is 3.96. The molecule has 0 N–H and O–H groups in total. The average molecular weight is 340 g/mol. The minimum absolute atomic E-state index is 0.0365. The lowest BCUT2D eigenvalue weighted by Gasteiger charge is -2.37. The summed E-state index contributed by atoms with van der Waals surface area (Å²) in [4.78, 5) is 15.5. The Kier molecular flexibility index (Phi) is 4.02. The zero-order valence-electron chi connectivity index (χ0n) is 14.8. The van der Waals surface area contributed by atoms with Gasteiger partial charge in [0, 0.05) is 12.6 Å². The zero-order valence-corrected chi connectivity index (χ0v) is 14.8. The van der Waals surface area contributed by atoms with E-state index in [1.165, 1.54) is 0 Å². The van der Waals surface area contributed by atoms with Gasteiger partial charge in [0.1, 0.15) is 17.2 Å². The van der Waals surface area contributed by atoms with E-state index in [1.54, 1.807) is 7.11 Å². The normalized spacial score (nSPS) is 21.8. The van der Waals surface area contributed by atoms with Crippen LogP contribution in [0.25, 0.3) is 0 Å². The summed E-state index contributed by atoms with van der Waals surface area (Å²) in [5, 5.41) is 4.18. The molecule has 1 atom stereocenters. The molecule has 1 aromatic carbocycles. The Labute approximate surface area is 147 Å². The molecule has 2 aliphatic rings. The van der Waals surface area contributed by atoms with Gasteiger partial charge < -0.3 is 14.2 Å². The van der Waals surface area contributed by atoms with Crippen molar-refractivity contribution in [3.8, 4) is 5.75 Å². The van der Waals surface area contributed by atoms with Crippen molar-refractivity contribution in [3.05, 3.63) is 47.3 Å². The second-order valence-electron chi connectivity index (χ2n) is 7.18. The number of amides is 1. The fourth-order valence-electron chi connectivity index (χ4n) is 3.96. The van der Waals surface area contributed by atoms with Crippen molar-refractivity contribution in [1.29, 1.82) is 0 Å². The Bertz CT molecular complexity index is 762. The average Bonchev–Trinajstić information content (AvgIpc) is 3.36. The third-order valence-corrected chi connectivity index (χ3v) is 5.55. The molecule has 25 heavy (non-hydrogen) atoms. The molecule has 0 spiro atoms. The van der Waals surface area contributed by atoms with Crippen LogP contribution in [0.4, 0.5) is 0 Å². The quantitative estimate of drug-likeness (QED) is 0.850. The lowest BCUT2D eigenvalue weighted by molar-refractivity contribution is -0.138. The Morgan fingerprint density at radius 3 is 2.64 bits per heavy atom. The van der Waals surface area contributed by atoms with E-state index >= 15 is 0 Å². The van der Waals surface area contributed by atoms with Gasteiger partial charge in [-0.15, -0.1) is 0 Å². The second kappa shape index (κ2) is 6.21.